The van der Waals surface area contributed by atoms with Gasteiger partial charge in [-0.15, -0.1) is 0 Å². The van der Waals surface area contributed by atoms with E-state index in [-0.39, 0.29) is 0 Å². The second kappa shape index (κ2) is 6.73. The van der Waals surface area contributed by atoms with E-state index in [4.69, 9.17) is 0 Å². The van der Waals surface area contributed by atoms with Crippen LogP contribution in [0.25, 0.3) is 0 Å². The van der Waals surface area contributed by atoms with E-state index in [1.54, 1.807) is 0 Å². The van der Waals surface area contributed by atoms with Crippen LogP contribution in [0.5, 0.6) is 0 Å². The van der Waals surface area contributed by atoms with Gasteiger partial charge >= 0.3 is 0 Å². The largest absolute Gasteiger partial charge is 0.383 e. The molecule has 1 aliphatic heterocycles. The van der Waals surface area contributed by atoms with Gasteiger partial charge in [-0.3, -0.25) is 9.80 Å². The Morgan fingerprint density at radius 2 is 1.84 bits per heavy atom. The van der Waals surface area contributed by atoms with Crippen molar-refractivity contribution in [2.45, 2.75) is 25.9 Å². The molecule has 2 atom stereocenters. The Balaban J connectivity index is 1.79. The van der Waals surface area contributed by atoms with Gasteiger partial charge in [-0.1, -0.05) is 12.1 Å². The first-order valence-corrected chi connectivity index (χ1v) is 7.80. The quantitative estimate of drug-likeness (QED) is 0.918. The first-order chi connectivity index (χ1) is 9.08. The van der Waals surface area contributed by atoms with Crippen LogP contribution in [0.1, 0.15) is 13.8 Å². The summed E-state index contributed by atoms with van der Waals surface area (Å²) in [6.07, 6.45) is 0. The van der Waals surface area contributed by atoms with E-state index in [2.05, 4.69) is 70.1 Å². The summed E-state index contributed by atoms with van der Waals surface area (Å²) in [5.41, 5.74) is 1.18. The predicted octanol–water partition coefficient (Wildman–Crippen LogP) is 2.89. The SMILES string of the molecule is CC1CN(CCNc2ccccc2Br)CC(C)N1C. The average molecular weight is 326 g/mol. The molecule has 1 fully saturated rings. The van der Waals surface area contributed by atoms with Gasteiger partial charge in [0.25, 0.3) is 0 Å². The zero-order chi connectivity index (χ0) is 13.8. The molecule has 1 aliphatic rings. The van der Waals surface area contributed by atoms with Crippen molar-refractivity contribution < 1.29 is 0 Å². The fourth-order valence-electron chi connectivity index (χ4n) is 2.65. The summed E-state index contributed by atoms with van der Waals surface area (Å²) in [6, 6.07) is 9.58. The molecule has 106 valence electrons. The van der Waals surface area contributed by atoms with Crippen LogP contribution in [0.3, 0.4) is 0 Å². The third kappa shape index (κ3) is 3.94. The van der Waals surface area contributed by atoms with Crippen molar-refractivity contribution in [3.8, 4) is 0 Å². The number of hydrogen-bond acceptors (Lipinski definition) is 3. The highest BCUT2D eigenvalue weighted by Gasteiger charge is 2.25. The molecular weight excluding hydrogens is 302 g/mol. The zero-order valence-electron chi connectivity index (χ0n) is 12.1. The first-order valence-electron chi connectivity index (χ1n) is 7.00. The average Bonchev–Trinajstić information content (AvgIpc) is 2.38. The number of halogens is 1. The van der Waals surface area contributed by atoms with Gasteiger partial charge in [-0.2, -0.15) is 0 Å². The highest BCUT2D eigenvalue weighted by atomic mass is 79.9. The van der Waals surface area contributed by atoms with Crippen molar-refractivity contribution in [3.63, 3.8) is 0 Å². The molecule has 1 heterocycles. The standard InChI is InChI=1S/C15H24BrN3/c1-12-10-19(11-13(2)18(12)3)9-8-17-15-7-5-4-6-14(15)16/h4-7,12-13,17H,8-11H2,1-3H3. The van der Waals surface area contributed by atoms with Gasteiger partial charge in [0.05, 0.1) is 0 Å². The molecule has 3 nitrogen and oxygen atoms in total. The van der Waals surface area contributed by atoms with E-state index < -0.39 is 0 Å². The smallest absolute Gasteiger partial charge is 0.0485 e. The Hall–Kier alpha value is -0.580. The molecule has 2 unspecified atom stereocenters. The maximum Gasteiger partial charge on any atom is 0.0485 e. The van der Waals surface area contributed by atoms with Crippen molar-refractivity contribution in [3.05, 3.63) is 28.7 Å². The van der Waals surface area contributed by atoms with E-state index >= 15 is 0 Å². The van der Waals surface area contributed by atoms with E-state index in [0.717, 1.165) is 17.6 Å². The summed E-state index contributed by atoms with van der Waals surface area (Å²) in [5.74, 6) is 0. The molecule has 19 heavy (non-hydrogen) atoms. The Morgan fingerprint density at radius 3 is 2.47 bits per heavy atom. The lowest BCUT2D eigenvalue weighted by atomic mass is 10.1. The fraction of sp³-hybridized carbons (Fsp3) is 0.600. The third-order valence-corrected chi connectivity index (χ3v) is 4.74. The summed E-state index contributed by atoms with van der Waals surface area (Å²) < 4.78 is 1.13. The third-order valence-electron chi connectivity index (χ3n) is 4.05. The highest BCUT2D eigenvalue weighted by molar-refractivity contribution is 9.10. The van der Waals surface area contributed by atoms with E-state index in [0.29, 0.717) is 12.1 Å². The maximum absolute atomic E-state index is 3.57. The molecule has 0 spiro atoms. The molecule has 2 rings (SSSR count). The van der Waals surface area contributed by atoms with E-state index in [1.807, 2.05) is 6.07 Å². The first kappa shape index (κ1) is 14.8. The van der Waals surface area contributed by atoms with Crippen molar-refractivity contribution in [2.75, 3.05) is 38.5 Å². The van der Waals surface area contributed by atoms with Gasteiger partial charge in [-0.25, -0.2) is 0 Å². The minimum atomic E-state index is 0.646. The van der Waals surface area contributed by atoms with Crippen LogP contribution in [0.4, 0.5) is 5.69 Å². The Bertz CT molecular complexity index is 398. The minimum absolute atomic E-state index is 0.646. The Kier molecular flexibility index (Phi) is 5.25. The monoisotopic (exact) mass is 325 g/mol. The zero-order valence-corrected chi connectivity index (χ0v) is 13.7. The topological polar surface area (TPSA) is 18.5 Å². The molecule has 0 radical (unpaired) electrons. The number of likely N-dealkylation sites (N-methyl/N-ethyl adjacent to an activating group) is 1. The number of anilines is 1. The van der Waals surface area contributed by atoms with Crippen molar-refractivity contribution >= 4 is 21.6 Å². The van der Waals surface area contributed by atoms with Crippen molar-refractivity contribution in [1.29, 1.82) is 0 Å². The lowest BCUT2D eigenvalue weighted by Crippen LogP contribution is -2.55. The van der Waals surface area contributed by atoms with Crippen LogP contribution < -0.4 is 5.32 Å². The second-order valence-electron chi connectivity index (χ2n) is 5.53. The summed E-state index contributed by atoms with van der Waals surface area (Å²) in [6.45, 7) is 9.04. The van der Waals surface area contributed by atoms with Crippen LogP contribution in [0.15, 0.2) is 28.7 Å². The van der Waals surface area contributed by atoms with Crippen LogP contribution in [0.2, 0.25) is 0 Å². The van der Waals surface area contributed by atoms with Crippen LogP contribution in [0, 0.1) is 0 Å². The van der Waals surface area contributed by atoms with Gasteiger partial charge < -0.3 is 5.32 Å². The van der Waals surface area contributed by atoms with Crippen LogP contribution in [-0.2, 0) is 0 Å². The number of nitrogens with zero attached hydrogens (tertiary/aromatic N) is 2. The number of benzene rings is 1. The lowest BCUT2D eigenvalue weighted by Gasteiger charge is -2.42. The molecule has 0 amide bonds. The Morgan fingerprint density at radius 1 is 1.21 bits per heavy atom. The van der Waals surface area contributed by atoms with Gasteiger partial charge in [0.2, 0.25) is 0 Å². The van der Waals surface area contributed by atoms with Gasteiger partial charge in [0.15, 0.2) is 0 Å². The summed E-state index contributed by atoms with van der Waals surface area (Å²) in [4.78, 5) is 5.02. The van der Waals surface area contributed by atoms with Gasteiger partial charge in [-0.05, 0) is 49.0 Å². The lowest BCUT2D eigenvalue weighted by molar-refractivity contribution is 0.0626. The molecule has 0 bridgehead atoms. The van der Waals surface area contributed by atoms with Crippen molar-refractivity contribution in [2.24, 2.45) is 0 Å². The molecule has 0 aliphatic carbocycles. The molecule has 1 saturated heterocycles. The fourth-order valence-corrected chi connectivity index (χ4v) is 3.07. The highest BCUT2D eigenvalue weighted by Crippen LogP contribution is 2.21. The molecule has 0 saturated carbocycles. The number of piperazine rings is 1. The maximum atomic E-state index is 3.57. The van der Waals surface area contributed by atoms with E-state index in [9.17, 15) is 0 Å². The number of para-hydroxylation sites is 1. The summed E-state index contributed by atoms with van der Waals surface area (Å²) in [7, 11) is 2.23. The van der Waals surface area contributed by atoms with Crippen LogP contribution >= 0.6 is 15.9 Å². The van der Waals surface area contributed by atoms with Crippen molar-refractivity contribution in [1.82, 2.24) is 9.80 Å². The Labute approximate surface area is 125 Å². The molecule has 0 aromatic heterocycles. The van der Waals surface area contributed by atoms with Gasteiger partial charge in [0.1, 0.15) is 0 Å². The molecule has 4 heteroatoms. The molecule has 1 aromatic carbocycles. The minimum Gasteiger partial charge on any atom is -0.383 e. The molecule has 1 aromatic rings. The number of nitrogens with one attached hydrogen (secondary N) is 1. The summed E-state index contributed by atoms with van der Waals surface area (Å²) >= 11 is 3.57. The normalized spacial score (nSPS) is 25.5. The summed E-state index contributed by atoms with van der Waals surface area (Å²) in [5, 5.41) is 3.50. The van der Waals surface area contributed by atoms with E-state index in [1.165, 1.54) is 18.8 Å². The molecular formula is C15H24BrN3. The predicted molar refractivity (Wildman–Crippen MR) is 85.8 cm³/mol. The van der Waals surface area contributed by atoms with Gasteiger partial charge in [0, 0.05) is 48.4 Å². The second-order valence-corrected chi connectivity index (χ2v) is 6.38. The molecule has 1 N–H and O–H groups in total. The van der Waals surface area contributed by atoms with Crippen LogP contribution in [-0.4, -0.2) is 55.1 Å². The number of rotatable bonds is 4. The number of hydrogen-bond donors (Lipinski definition) is 1.